The predicted octanol–water partition coefficient (Wildman–Crippen LogP) is 4.75. The second-order valence-electron chi connectivity index (χ2n) is 7.74. The summed E-state index contributed by atoms with van der Waals surface area (Å²) < 4.78 is 14.3. The van der Waals surface area contributed by atoms with Crippen molar-refractivity contribution in [2.45, 2.75) is 25.4 Å². The second-order valence-corrected chi connectivity index (χ2v) is 8.66. The van der Waals surface area contributed by atoms with E-state index in [1.807, 2.05) is 12.1 Å². The largest absolute Gasteiger partial charge is 0.508 e. The van der Waals surface area contributed by atoms with Crippen molar-refractivity contribution in [1.82, 2.24) is 15.2 Å². The number of phenolic OH excluding ortho intramolecular Hbond substituents is 1. The first-order valence-electron chi connectivity index (χ1n) is 10.2. The highest BCUT2D eigenvalue weighted by atomic mass is 79.9. The standard InChI is InChI=1S/C24H23BrFN3O2/c25-19-5-7-23(30)18(12-19)15-29-10-8-21(9-11-29)28-24(31)17-4-6-22(27-14-17)16-2-1-3-20(26)13-16/h1-7,12-14,21,30H,8-11,15H2,(H,28,31). The van der Waals surface area contributed by atoms with E-state index in [2.05, 4.69) is 31.1 Å². The van der Waals surface area contributed by atoms with Gasteiger partial charge in [-0.1, -0.05) is 28.1 Å². The van der Waals surface area contributed by atoms with Gasteiger partial charge < -0.3 is 10.4 Å². The van der Waals surface area contributed by atoms with Crippen molar-refractivity contribution in [3.05, 3.63) is 82.2 Å². The fourth-order valence-electron chi connectivity index (χ4n) is 3.77. The normalized spacial score (nSPS) is 15.0. The summed E-state index contributed by atoms with van der Waals surface area (Å²) in [5.41, 5.74) is 2.68. The Morgan fingerprint density at radius 3 is 2.68 bits per heavy atom. The van der Waals surface area contributed by atoms with E-state index >= 15 is 0 Å². The van der Waals surface area contributed by atoms with Crippen molar-refractivity contribution in [2.75, 3.05) is 13.1 Å². The van der Waals surface area contributed by atoms with Gasteiger partial charge in [0.2, 0.25) is 0 Å². The Balaban J connectivity index is 1.30. The van der Waals surface area contributed by atoms with Gasteiger partial charge in [0.15, 0.2) is 0 Å². The van der Waals surface area contributed by atoms with Crippen molar-refractivity contribution in [2.24, 2.45) is 0 Å². The number of rotatable bonds is 5. The van der Waals surface area contributed by atoms with Gasteiger partial charge in [-0.2, -0.15) is 0 Å². The molecule has 1 aromatic heterocycles. The molecule has 2 heterocycles. The van der Waals surface area contributed by atoms with Crippen molar-refractivity contribution >= 4 is 21.8 Å². The first-order valence-corrected chi connectivity index (χ1v) is 11.0. The number of carbonyl (C=O) groups is 1. The van der Waals surface area contributed by atoms with Crippen LogP contribution in [0.15, 0.2) is 65.3 Å². The highest BCUT2D eigenvalue weighted by molar-refractivity contribution is 9.10. The molecule has 160 valence electrons. The molecule has 1 aliphatic rings. The smallest absolute Gasteiger partial charge is 0.253 e. The Morgan fingerprint density at radius 1 is 1.16 bits per heavy atom. The van der Waals surface area contributed by atoms with Crippen LogP contribution in [0.3, 0.4) is 0 Å². The fraction of sp³-hybridized carbons (Fsp3) is 0.250. The zero-order chi connectivity index (χ0) is 21.8. The maximum absolute atomic E-state index is 13.4. The maximum atomic E-state index is 13.4. The lowest BCUT2D eigenvalue weighted by Gasteiger charge is -2.32. The first kappa shape index (κ1) is 21.5. The Morgan fingerprint density at radius 2 is 1.97 bits per heavy atom. The van der Waals surface area contributed by atoms with Crippen LogP contribution in [0.25, 0.3) is 11.3 Å². The second kappa shape index (κ2) is 9.58. The summed E-state index contributed by atoms with van der Waals surface area (Å²) in [4.78, 5) is 19.2. The van der Waals surface area contributed by atoms with E-state index in [1.54, 1.807) is 30.3 Å². The molecule has 3 aromatic rings. The number of piperidine rings is 1. The first-order chi connectivity index (χ1) is 15.0. The monoisotopic (exact) mass is 483 g/mol. The van der Waals surface area contributed by atoms with Gasteiger partial charge in [0, 0.05) is 47.5 Å². The molecule has 0 saturated carbocycles. The summed E-state index contributed by atoms with van der Waals surface area (Å²) in [6, 6.07) is 15.2. The van der Waals surface area contributed by atoms with E-state index in [9.17, 15) is 14.3 Å². The SMILES string of the molecule is O=C(NC1CCN(Cc2cc(Br)ccc2O)CC1)c1ccc(-c2cccc(F)c2)nc1. The molecule has 0 spiro atoms. The van der Waals surface area contributed by atoms with Crippen LogP contribution in [0.2, 0.25) is 0 Å². The van der Waals surface area contributed by atoms with E-state index in [1.165, 1.54) is 18.3 Å². The lowest BCUT2D eigenvalue weighted by Crippen LogP contribution is -2.44. The van der Waals surface area contributed by atoms with Crippen LogP contribution in [0, 0.1) is 5.82 Å². The molecular formula is C24H23BrFN3O2. The summed E-state index contributed by atoms with van der Waals surface area (Å²) >= 11 is 3.44. The molecule has 31 heavy (non-hydrogen) atoms. The van der Waals surface area contributed by atoms with Gasteiger partial charge in [0.1, 0.15) is 11.6 Å². The van der Waals surface area contributed by atoms with E-state index in [-0.39, 0.29) is 17.8 Å². The van der Waals surface area contributed by atoms with Gasteiger partial charge in [0.05, 0.1) is 11.3 Å². The third-order valence-electron chi connectivity index (χ3n) is 5.50. The Bertz CT molecular complexity index is 1070. The number of hydrogen-bond acceptors (Lipinski definition) is 4. The minimum absolute atomic E-state index is 0.0998. The number of carbonyl (C=O) groups excluding carboxylic acids is 1. The predicted molar refractivity (Wildman–Crippen MR) is 121 cm³/mol. The minimum Gasteiger partial charge on any atom is -0.508 e. The van der Waals surface area contributed by atoms with Gasteiger partial charge in [-0.15, -0.1) is 0 Å². The molecule has 1 aliphatic heterocycles. The zero-order valence-corrected chi connectivity index (χ0v) is 18.5. The summed E-state index contributed by atoms with van der Waals surface area (Å²) in [5, 5.41) is 13.1. The average Bonchev–Trinajstić information content (AvgIpc) is 2.78. The van der Waals surface area contributed by atoms with Crippen molar-refractivity contribution in [3.8, 4) is 17.0 Å². The van der Waals surface area contributed by atoms with Crippen LogP contribution in [-0.4, -0.2) is 40.0 Å². The highest BCUT2D eigenvalue weighted by Crippen LogP contribution is 2.25. The molecule has 1 amide bonds. The number of phenols is 1. The molecule has 0 unspecified atom stereocenters. The van der Waals surface area contributed by atoms with E-state index in [4.69, 9.17) is 0 Å². The van der Waals surface area contributed by atoms with Gasteiger partial charge in [-0.05, 0) is 55.3 Å². The fourth-order valence-corrected chi connectivity index (χ4v) is 4.18. The summed E-state index contributed by atoms with van der Waals surface area (Å²) in [6.07, 6.45) is 3.21. The van der Waals surface area contributed by atoms with Crippen LogP contribution in [-0.2, 0) is 6.54 Å². The summed E-state index contributed by atoms with van der Waals surface area (Å²) in [7, 11) is 0. The third-order valence-corrected chi connectivity index (χ3v) is 6.00. The molecule has 1 saturated heterocycles. The molecule has 0 bridgehead atoms. The quantitative estimate of drug-likeness (QED) is 0.549. The van der Waals surface area contributed by atoms with E-state index in [0.29, 0.717) is 29.1 Å². The Hall–Kier alpha value is -2.77. The van der Waals surface area contributed by atoms with E-state index in [0.717, 1.165) is 36.0 Å². The number of benzene rings is 2. The molecule has 7 heteroatoms. The van der Waals surface area contributed by atoms with Crippen LogP contribution >= 0.6 is 15.9 Å². The van der Waals surface area contributed by atoms with E-state index < -0.39 is 0 Å². The molecule has 0 radical (unpaired) electrons. The lowest BCUT2D eigenvalue weighted by atomic mass is 10.0. The zero-order valence-electron chi connectivity index (χ0n) is 16.9. The number of amides is 1. The molecule has 0 aliphatic carbocycles. The average molecular weight is 484 g/mol. The number of aromatic nitrogens is 1. The van der Waals surface area contributed by atoms with Crippen LogP contribution in [0.1, 0.15) is 28.8 Å². The topological polar surface area (TPSA) is 65.5 Å². The maximum Gasteiger partial charge on any atom is 0.253 e. The van der Waals surface area contributed by atoms with Crippen LogP contribution in [0.5, 0.6) is 5.75 Å². The Kier molecular flexibility index (Phi) is 6.63. The molecule has 2 aromatic carbocycles. The number of hydrogen-bond donors (Lipinski definition) is 2. The number of nitrogens with one attached hydrogen (secondary N) is 1. The number of likely N-dealkylation sites (tertiary alicyclic amines) is 1. The molecular weight excluding hydrogens is 461 g/mol. The summed E-state index contributed by atoms with van der Waals surface area (Å²) in [5.74, 6) is -0.170. The van der Waals surface area contributed by atoms with Gasteiger partial charge in [0.25, 0.3) is 5.91 Å². The summed E-state index contributed by atoms with van der Waals surface area (Å²) in [6.45, 7) is 2.36. The third kappa shape index (κ3) is 5.48. The molecule has 2 N–H and O–H groups in total. The van der Waals surface area contributed by atoms with Crippen LogP contribution < -0.4 is 5.32 Å². The number of nitrogens with zero attached hydrogens (tertiary/aromatic N) is 2. The van der Waals surface area contributed by atoms with Gasteiger partial charge in [-0.25, -0.2) is 4.39 Å². The lowest BCUT2D eigenvalue weighted by molar-refractivity contribution is 0.0908. The number of aromatic hydroxyl groups is 1. The van der Waals surface area contributed by atoms with Crippen molar-refractivity contribution in [3.63, 3.8) is 0 Å². The van der Waals surface area contributed by atoms with Crippen LogP contribution in [0.4, 0.5) is 4.39 Å². The molecule has 4 rings (SSSR count). The molecule has 5 nitrogen and oxygen atoms in total. The van der Waals surface area contributed by atoms with Crippen molar-refractivity contribution < 1.29 is 14.3 Å². The van der Waals surface area contributed by atoms with Gasteiger partial charge in [-0.3, -0.25) is 14.7 Å². The van der Waals surface area contributed by atoms with Gasteiger partial charge >= 0.3 is 0 Å². The number of halogens is 2. The highest BCUT2D eigenvalue weighted by Gasteiger charge is 2.22. The minimum atomic E-state index is -0.317. The number of pyridine rings is 1. The van der Waals surface area contributed by atoms with Crippen molar-refractivity contribution in [1.29, 1.82) is 0 Å². The Labute approximate surface area is 189 Å². The molecule has 0 atom stereocenters. The molecule has 1 fully saturated rings.